The van der Waals surface area contributed by atoms with E-state index in [9.17, 15) is 0 Å². The molecule has 6 rings (SSSR count). The Morgan fingerprint density at radius 3 is 2.27 bits per heavy atom. The van der Waals surface area contributed by atoms with E-state index in [1.165, 1.54) is 53.9 Å². The first-order valence-electron chi connectivity index (χ1n) is 10.3. The third kappa shape index (κ3) is 2.99. The zero-order chi connectivity index (χ0) is 19.9. The molecule has 1 aliphatic rings. The maximum atomic E-state index is 2.40. The van der Waals surface area contributed by atoms with Gasteiger partial charge in [-0.15, -0.1) is 11.3 Å². The predicted octanol–water partition coefficient (Wildman–Crippen LogP) is 8.33. The molecule has 0 amide bonds. The first-order valence-corrected chi connectivity index (χ1v) is 11.1. The second kappa shape index (κ2) is 7.12. The van der Waals surface area contributed by atoms with Crippen molar-refractivity contribution in [3.05, 3.63) is 119 Å². The van der Waals surface area contributed by atoms with E-state index in [1.54, 1.807) is 0 Å². The molecule has 0 spiro atoms. The Labute approximate surface area is 180 Å². The molecule has 0 nitrogen and oxygen atoms in total. The molecular weight excluding hydrogens is 380 g/mol. The van der Waals surface area contributed by atoms with E-state index in [1.807, 2.05) is 11.3 Å². The summed E-state index contributed by atoms with van der Waals surface area (Å²) in [7, 11) is 0. The van der Waals surface area contributed by atoms with Crippen LogP contribution >= 0.6 is 11.3 Å². The number of benzene rings is 4. The van der Waals surface area contributed by atoms with Gasteiger partial charge in [0.2, 0.25) is 0 Å². The van der Waals surface area contributed by atoms with Crippen molar-refractivity contribution in [3.8, 4) is 21.6 Å². The lowest BCUT2D eigenvalue weighted by molar-refractivity contribution is 1.33. The van der Waals surface area contributed by atoms with Crippen LogP contribution < -0.4 is 0 Å². The van der Waals surface area contributed by atoms with Crippen LogP contribution in [0.15, 0.2) is 103 Å². The minimum absolute atomic E-state index is 1.01. The fourth-order valence-corrected chi connectivity index (χ4v) is 5.43. The minimum Gasteiger partial charge on any atom is -0.136 e. The summed E-state index contributed by atoms with van der Waals surface area (Å²) in [6, 6.07) is 37.3. The fraction of sp³-hybridized carbons (Fsp3) is 0.0345. The summed E-state index contributed by atoms with van der Waals surface area (Å²) in [4.78, 5) is 2.70. The lowest BCUT2D eigenvalue weighted by Gasteiger charge is -2.09. The number of hydrogen-bond donors (Lipinski definition) is 0. The molecule has 0 radical (unpaired) electrons. The maximum absolute atomic E-state index is 2.40. The molecule has 0 fully saturated rings. The Balaban J connectivity index is 1.40. The SMILES string of the molecule is C1=C(c2ccc(-c3ccccc3)s2)Cc2cccc(-c3ccc4ccccc4c3)c21. The molecule has 0 atom stereocenters. The molecule has 30 heavy (non-hydrogen) atoms. The Kier molecular flexibility index (Phi) is 4.14. The Bertz CT molecular complexity index is 1400. The van der Waals surface area contributed by atoms with Gasteiger partial charge < -0.3 is 0 Å². The third-order valence-electron chi connectivity index (χ3n) is 5.94. The van der Waals surface area contributed by atoms with Gasteiger partial charge in [-0.2, -0.15) is 0 Å². The highest BCUT2D eigenvalue weighted by molar-refractivity contribution is 7.16. The summed E-state index contributed by atoms with van der Waals surface area (Å²) in [6.07, 6.45) is 3.41. The molecule has 0 bridgehead atoms. The van der Waals surface area contributed by atoms with Crippen molar-refractivity contribution < 1.29 is 0 Å². The van der Waals surface area contributed by atoms with Crippen molar-refractivity contribution in [2.45, 2.75) is 6.42 Å². The van der Waals surface area contributed by atoms with Crippen LogP contribution in [0, 0.1) is 0 Å². The van der Waals surface area contributed by atoms with E-state index in [0.29, 0.717) is 0 Å². The van der Waals surface area contributed by atoms with Crippen LogP contribution in [0.3, 0.4) is 0 Å². The summed E-state index contributed by atoms with van der Waals surface area (Å²) < 4.78 is 0. The number of allylic oxidation sites excluding steroid dienone is 1. The van der Waals surface area contributed by atoms with Crippen LogP contribution in [-0.2, 0) is 6.42 Å². The summed E-state index contributed by atoms with van der Waals surface area (Å²) in [5.74, 6) is 0. The van der Waals surface area contributed by atoms with Crippen molar-refractivity contribution in [2.24, 2.45) is 0 Å². The highest BCUT2D eigenvalue weighted by Crippen LogP contribution is 2.41. The average molecular weight is 401 g/mol. The van der Waals surface area contributed by atoms with Gasteiger partial charge in [-0.1, -0.05) is 84.9 Å². The molecule has 1 aromatic heterocycles. The van der Waals surface area contributed by atoms with Gasteiger partial charge in [0, 0.05) is 9.75 Å². The highest BCUT2D eigenvalue weighted by atomic mass is 32.1. The largest absolute Gasteiger partial charge is 0.136 e. The van der Waals surface area contributed by atoms with Crippen LogP contribution in [0.25, 0.3) is 44.0 Å². The zero-order valence-corrected chi connectivity index (χ0v) is 17.3. The lowest BCUT2D eigenvalue weighted by Crippen LogP contribution is -1.87. The molecule has 0 aliphatic heterocycles. The van der Waals surface area contributed by atoms with Gasteiger partial charge in [-0.3, -0.25) is 0 Å². The van der Waals surface area contributed by atoms with Gasteiger partial charge >= 0.3 is 0 Å². The molecule has 0 unspecified atom stereocenters. The van der Waals surface area contributed by atoms with Crippen molar-refractivity contribution in [1.29, 1.82) is 0 Å². The molecule has 5 aromatic rings. The van der Waals surface area contributed by atoms with E-state index in [-0.39, 0.29) is 0 Å². The standard InChI is InChI=1S/C29H20S/c1-2-8-21(9-3-1)28-15-16-29(30-28)25-18-23-11-6-12-26(27(23)19-25)24-14-13-20-7-4-5-10-22(20)17-24/h1-17,19H,18H2. The van der Waals surface area contributed by atoms with Gasteiger partial charge in [0.05, 0.1) is 0 Å². The molecule has 4 aromatic carbocycles. The summed E-state index contributed by atoms with van der Waals surface area (Å²) in [5, 5.41) is 2.58. The first kappa shape index (κ1) is 17.4. The predicted molar refractivity (Wildman–Crippen MR) is 131 cm³/mol. The van der Waals surface area contributed by atoms with E-state index in [0.717, 1.165) is 6.42 Å². The lowest BCUT2D eigenvalue weighted by atomic mass is 9.95. The molecule has 0 saturated carbocycles. The van der Waals surface area contributed by atoms with E-state index in [4.69, 9.17) is 0 Å². The topological polar surface area (TPSA) is 0 Å². The second-order valence-corrected chi connectivity index (χ2v) is 8.90. The van der Waals surface area contributed by atoms with Gasteiger partial charge in [0.1, 0.15) is 0 Å². The van der Waals surface area contributed by atoms with Crippen molar-refractivity contribution in [2.75, 3.05) is 0 Å². The van der Waals surface area contributed by atoms with E-state index >= 15 is 0 Å². The van der Waals surface area contributed by atoms with Crippen molar-refractivity contribution in [3.63, 3.8) is 0 Å². The van der Waals surface area contributed by atoms with Gasteiger partial charge in [0.25, 0.3) is 0 Å². The summed E-state index contributed by atoms with van der Waals surface area (Å²) in [5.41, 5.74) is 8.13. The smallest absolute Gasteiger partial charge is 0.0349 e. The highest BCUT2D eigenvalue weighted by Gasteiger charge is 2.19. The van der Waals surface area contributed by atoms with Crippen LogP contribution in [0.1, 0.15) is 16.0 Å². The van der Waals surface area contributed by atoms with Gasteiger partial charge in [-0.25, -0.2) is 0 Å². The third-order valence-corrected chi connectivity index (χ3v) is 7.15. The molecule has 1 heteroatoms. The monoisotopic (exact) mass is 400 g/mol. The van der Waals surface area contributed by atoms with Crippen LogP contribution in [0.5, 0.6) is 0 Å². The normalized spacial score (nSPS) is 12.7. The Morgan fingerprint density at radius 1 is 0.567 bits per heavy atom. The van der Waals surface area contributed by atoms with Crippen molar-refractivity contribution >= 4 is 33.8 Å². The minimum atomic E-state index is 1.01. The zero-order valence-electron chi connectivity index (χ0n) is 16.5. The van der Waals surface area contributed by atoms with Crippen molar-refractivity contribution in [1.82, 2.24) is 0 Å². The van der Waals surface area contributed by atoms with Gasteiger partial charge in [-0.05, 0) is 74.9 Å². The van der Waals surface area contributed by atoms with E-state index in [2.05, 4.69) is 109 Å². The van der Waals surface area contributed by atoms with Crippen LogP contribution in [0.2, 0.25) is 0 Å². The van der Waals surface area contributed by atoms with Crippen LogP contribution in [-0.4, -0.2) is 0 Å². The molecule has 0 N–H and O–H groups in total. The summed E-state index contributed by atoms with van der Waals surface area (Å²) in [6.45, 7) is 0. The first-order chi connectivity index (χ1) is 14.8. The van der Waals surface area contributed by atoms with Gasteiger partial charge in [0.15, 0.2) is 0 Å². The van der Waals surface area contributed by atoms with E-state index < -0.39 is 0 Å². The molecule has 1 aliphatic carbocycles. The number of hydrogen-bond acceptors (Lipinski definition) is 1. The Morgan fingerprint density at radius 2 is 1.37 bits per heavy atom. The number of rotatable bonds is 3. The molecular formula is C29H20S. The quantitative estimate of drug-likeness (QED) is 0.285. The van der Waals surface area contributed by atoms with Crippen LogP contribution in [0.4, 0.5) is 0 Å². The number of thiophene rings is 1. The molecule has 1 heterocycles. The Hall–Kier alpha value is -3.42. The second-order valence-electron chi connectivity index (χ2n) is 7.82. The summed E-state index contributed by atoms with van der Waals surface area (Å²) >= 11 is 1.89. The molecule has 142 valence electrons. The number of fused-ring (bicyclic) bond motifs is 2. The maximum Gasteiger partial charge on any atom is 0.0349 e. The molecule has 0 saturated heterocycles. The average Bonchev–Trinajstić information content (AvgIpc) is 3.46. The fourth-order valence-electron chi connectivity index (χ4n) is 4.40.